The Hall–Kier alpha value is -4.05. The number of rotatable bonds is 7. The van der Waals surface area contributed by atoms with Crippen molar-refractivity contribution >= 4 is 38.2 Å². The van der Waals surface area contributed by atoms with Crippen LogP contribution in [0.3, 0.4) is 0 Å². The highest BCUT2D eigenvalue weighted by Crippen LogP contribution is 2.43. The average molecular weight is 533 g/mol. The van der Waals surface area contributed by atoms with E-state index in [0.717, 1.165) is 24.8 Å². The molecule has 196 valence electrons. The molecule has 1 aliphatic rings. The molecule has 8 nitrogen and oxygen atoms in total. The van der Waals surface area contributed by atoms with Crippen LogP contribution in [0.25, 0.3) is 33.4 Å². The number of benzene rings is 2. The first-order chi connectivity index (χ1) is 18.2. The SMILES string of the molecule is C=CC(=O)NCc1ccc(-c2c(-c3ccc(N=S(C)(=O)C4CCC4)cc3)c3c(N)ncnc3n2C)c(F)c1. The number of nitrogens with one attached hydrogen (secondary N) is 1. The molecule has 3 N–H and O–H groups in total. The van der Waals surface area contributed by atoms with Crippen molar-refractivity contribution in [2.75, 3.05) is 12.0 Å². The van der Waals surface area contributed by atoms with Crippen molar-refractivity contribution in [1.82, 2.24) is 19.9 Å². The fourth-order valence-corrected chi connectivity index (χ4v) is 6.67. The zero-order chi connectivity index (χ0) is 27.0. The van der Waals surface area contributed by atoms with Crippen LogP contribution in [0.5, 0.6) is 0 Å². The van der Waals surface area contributed by atoms with Crippen LogP contribution < -0.4 is 11.1 Å². The number of anilines is 1. The number of nitrogen functional groups attached to an aromatic ring is 1. The Balaban J connectivity index is 1.62. The van der Waals surface area contributed by atoms with Gasteiger partial charge in [0.15, 0.2) is 0 Å². The van der Waals surface area contributed by atoms with E-state index in [2.05, 4.69) is 26.2 Å². The molecule has 1 amide bonds. The maximum Gasteiger partial charge on any atom is 0.243 e. The van der Waals surface area contributed by atoms with Gasteiger partial charge in [-0.25, -0.2) is 18.6 Å². The van der Waals surface area contributed by atoms with Crippen LogP contribution >= 0.6 is 0 Å². The summed E-state index contributed by atoms with van der Waals surface area (Å²) in [4.78, 5) is 20.1. The van der Waals surface area contributed by atoms with E-state index in [-0.39, 0.29) is 23.5 Å². The number of aromatic nitrogens is 3. The highest BCUT2D eigenvalue weighted by Gasteiger charge is 2.26. The number of fused-ring (bicyclic) bond motifs is 1. The summed E-state index contributed by atoms with van der Waals surface area (Å²) < 4.78 is 34.9. The first-order valence-electron chi connectivity index (χ1n) is 12.3. The average Bonchev–Trinajstić information content (AvgIpc) is 3.14. The third-order valence-electron chi connectivity index (χ3n) is 7.05. The second kappa shape index (κ2) is 10.0. The fraction of sp³-hybridized carbons (Fsp3) is 0.250. The van der Waals surface area contributed by atoms with Crippen LogP contribution in [0, 0.1) is 5.82 Å². The molecule has 38 heavy (non-hydrogen) atoms. The van der Waals surface area contributed by atoms with Crippen LogP contribution in [0.1, 0.15) is 24.8 Å². The van der Waals surface area contributed by atoms with Gasteiger partial charge in [-0.05, 0) is 54.3 Å². The molecule has 10 heteroatoms. The van der Waals surface area contributed by atoms with Crippen LogP contribution in [0.4, 0.5) is 15.9 Å². The molecule has 0 radical (unpaired) electrons. The van der Waals surface area contributed by atoms with Crippen LogP contribution in [-0.2, 0) is 28.1 Å². The number of hydrogen-bond donors (Lipinski definition) is 2. The topological polar surface area (TPSA) is 115 Å². The van der Waals surface area contributed by atoms with Gasteiger partial charge >= 0.3 is 0 Å². The van der Waals surface area contributed by atoms with Crippen LogP contribution in [0.2, 0.25) is 0 Å². The number of carbonyl (C=O) groups is 1. The Kier molecular flexibility index (Phi) is 6.75. The molecule has 4 aromatic rings. The number of amides is 1. The maximum atomic E-state index is 15.6. The smallest absolute Gasteiger partial charge is 0.243 e. The lowest BCUT2D eigenvalue weighted by atomic mass is 9.97. The summed E-state index contributed by atoms with van der Waals surface area (Å²) in [7, 11) is -0.509. The Morgan fingerprint density at radius 3 is 2.63 bits per heavy atom. The molecule has 2 aromatic carbocycles. The molecule has 0 saturated heterocycles. The van der Waals surface area contributed by atoms with E-state index in [1.54, 1.807) is 30.0 Å². The maximum absolute atomic E-state index is 15.6. The van der Waals surface area contributed by atoms with Gasteiger partial charge in [-0.15, -0.1) is 0 Å². The van der Waals surface area contributed by atoms with Crippen molar-refractivity contribution < 1.29 is 13.4 Å². The summed E-state index contributed by atoms with van der Waals surface area (Å²) in [6, 6.07) is 12.2. The van der Waals surface area contributed by atoms with E-state index in [1.165, 1.54) is 18.5 Å². The first kappa shape index (κ1) is 25.6. The van der Waals surface area contributed by atoms with Gasteiger partial charge in [0, 0.05) is 36.2 Å². The highest BCUT2D eigenvalue weighted by atomic mass is 32.2. The Bertz CT molecular complexity index is 1680. The number of hydrogen-bond acceptors (Lipinski definition) is 6. The lowest BCUT2D eigenvalue weighted by Crippen LogP contribution is -2.26. The molecule has 1 fully saturated rings. The zero-order valence-corrected chi connectivity index (χ0v) is 22.1. The van der Waals surface area contributed by atoms with Gasteiger partial charge in [0.2, 0.25) is 5.91 Å². The monoisotopic (exact) mass is 532 g/mol. The first-order valence-corrected chi connectivity index (χ1v) is 14.3. The fourth-order valence-electron chi connectivity index (χ4n) is 4.77. The number of nitrogens with zero attached hydrogens (tertiary/aromatic N) is 4. The summed E-state index contributed by atoms with van der Waals surface area (Å²) >= 11 is 0. The van der Waals surface area contributed by atoms with Crippen molar-refractivity contribution in [2.45, 2.75) is 31.1 Å². The third-order valence-corrected chi connectivity index (χ3v) is 9.33. The molecule has 1 unspecified atom stereocenters. The molecule has 0 bridgehead atoms. The van der Waals surface area contributed by atoms with Crippen molar-refractivity contribution in [3.05, 3.63) is 72.8 Å². The van der Waals surface area contributed by atoms with E-state index in [1.807, 2.05) is 24.3 Å². The predicted molar refractivity (Wildman–Crippen MR) is 150 cm³/mol. The largest absolute Gasteiger partial charge is 0.383 e. The number of halogens is 1. The summed E-state index contributed by atoms with van der Waals surface area (Å²) in [6.45, 7) is 3.60. The zero-order valence-electron chi connectivity index (χ0n) is 21.3. The number of nitrogens with two attached hydrogens (primary N) is 1. The minimum absolute atomic E-state index is 0.139. The summed E-state index contributed by atoms with van der Waals surface area (Å²) in [5, 5.41) is 3.41. The standard InChI is InChI=1S/C28H29FN6O2S/c1-4-23(36)31-15-17-8-13-21(22(29)14-17)26-24(25-27(30)32-16-33-28(25)35(26)2)18-9-11-19(12-10-18)34-38(3,37)20-6-5-7-20/h4,8-14,16,20H,1,5-7,15H2,2-3H3,(H,31,36)(H2,30,32,33). The lowest BCUT2D eigenvalue weighted by Gasteiger charge is -2.26. The van der Waals surface area contributed by atoms with E-state index >= 15 is 4.39 Å². The molecule has 2 heterocycles. The second-order valence-corrected chi connectivity index (χ2v) is 12.1. The Morgan fingerprint density at radius 2 is 2.00 bits per heavy atom. The van der Waals surface area contributed by atoms with Gasteiger partial charge in [0.1, 0.15) is 23.6 Å². The molecule has 1 saturated carbocycles. The Morgan fingerprint density at radius 1 is 1.26 bits per heavy atom. The molecule has 0 aliphatic heterocycles. The predicted octanol–water partition coefficient (Wildman–Crippen LogP) is 5.11. The van der Waals surface area contributed by atoms with Gasteiger partial charge in [-0.3, -0.25) is 4.79 Å². The molecule has 1 aliphatic carbocycles. The van der Waals surface area contributed by atoms with Crippen LogP contribution in [0.15, 0.2) is 65.8 Å². The lowest BCUT2D eigenvalue weighted by molar-refractivity contribution is -0.116. The quantitative estimate of drug-likeness (QED) is 0.321. The van der Waals surface area contributed by atoms with E-state index in [4.69, 9.17) is 5.73 Å². The molecular formula is C28H29FN6O2S. The van der Waals surface area contributed by atoms with E-state index in [9.17, 15) is 9.00 Å². The van der Waals surface area contributed by atoms with Crippen molar-refractivity contribution in [3.8, 4) is 22.4 Å². The molecule has 5 rings (SSSR count). The van der Waals surface area contributed by atoms with Gasteiger partial charge in [-0.1, -0.05) is 31.2 Å². The summed E-state index contributed by atoms with van der Waals surface area (Å²) in [5.41, 5.74) is 10.5. The third kappa shape index (κ3) is 4.67. The summed E-state index contributed by atoms with van der Waals surface area (Å²) in [6.07, 6.45) is 7.26. The normalized spacial score (nSPS) is 15.0. The molecule has 1 atom stereocenters. The molecule has 0 spiro atoms. The number of carbonyl (C=O) groups excluding carboxylic acids is 1. The van der Waals surface area contributed by atoms with Crippen molar-refractivity contribution in [3.63, 3.8) is 0 Å². The van der Waals surface area contributed by atoms with E-state index in [0.29, 0.717) is 39.1 Å². The van der Waals surface area contributed by atoms with Gasteiger partial charge < -0.3 is 15.6 Å². The minimum Gasteiger partial charge on any atom is -0.383 e. The summed E-state index contributed by atoms with van der Waals surface area (Å²) in [5.74, 6) is -0.500. The highest BCUT2D eigenvalue weighted by molar-refractivity contribution is 7.93. The Labute approximate surface area is 221 Å². The van der Waals surface area contributed by atoms with E-state index < -0.39 is 15.5 Å². The van der Waals surface area contributed by atoms with Crippen molar-refractivity contribution in [2.24, 2.45) is 11.4 Å². The van der Waals surface area contributed by atoms with Crippen LogP contribution in [-0.4, -0.2) is 36.2 Å². The number of aryl methyl sites for hydroxylation is 1. The van der Waals surface area contributed by atoms with Gasteiger partial charge in [-0.2, -0.15) is 4.36 Å². The molecule has 2 aromatic heterocycles. The van der Waals surface area contributed by atoms with Gasteiger partial charge in [0.25, 0.3) is 0 Å². The second-order valence-electron chi connectivity index (χ2n) is 9.53. The molecular weight excluding hydrogens is 503 g/mol. The minimum atomic E-state index is -2.31. The van der Waals surface area contributed by atoms with Gasteiger partial charge in [0.05, 0.1) is 26.5 Å². The van der Waals surface area contributed by atoms with Crippen molar-refractivity contribution in [1.29, 1.82) is 0 Å².